The van der Waals surface area contributed by atoms with Crippen LogP contribution in [-0.4, -0.2) is 62.5 Å². The molecule has 1 aliphatic rings. The minimum Gasteiger partial charge on any atom is -0.339 e. The molecular formula is C23H29N3O4S. The molecule has 2 aromatic rings. The number of aryl methyl sites for hydroxylation is 2. The van der Waals surface area contributed by atoms with Crippen molar-refractivity contribution in [3.05, 3.63) is 65.2 Å². The van der Waals surface area contributed by atoms with Crippen molar-refractivity contribution < 1.29 is 18.0 Å². The Morgan fingerprint density at radius 1 is 0.968 bits per heavy atom. The number of nitrogens with one attached hydrogen (secondary N) is 1. The van der Waals surface area contributed by atoms with Crippen LogP contribution in [0.1, 0.15) is 34.3 Å². The first-order valence-corrected chi connectivity index (χ1v) is 12.3. The number of amides is 2. The van der Waals surface area contributed by atoms with E-state index in [9.17, 15) is 18.0 Å². The molecule has 8 heteroatoms. The molecule has 0 radical (unpaired) electrons. The van der Waals surface area contributed by atoms with Crippen LogP contribution >= 0.6 is 0 Å². The summed E-state index contributed by atoms with van der Waals surface area (Å²) in [6.45, 7) is 3.73. The van der Waals surface area contributed by atoms with Gasteiger partial charge in [0.1, 0.15) is 0 Å². The van der Waals surface area contributed by atoms with Crippen molar-refractivity contribution in [2.45, 2.75) is 26.2 Å². The van der Waals surface area contributed by atoms with E-state index in [-0.39, 0.29) is 11.8 Å². The van der Waals surface area contributed by atoms with Gasteiger partial charge in [0.15, 0.2) is 0 Å². The largest absolute Gasteiger partial charge is 0.339 e. The quantitative estimate of drug-likeness (QED) is 0.713. The van der Waals surface area contributed by atoms with Crippen LogP contribution < -0.4 is 4.72 Å². The average Bonchev–Trinajstić information content (AvgIpc) is 2.74. The number of hydrogen-bond donors (Lipinski definition) is 1. The fourth-order valence-electron chi connectivity index (χ4n) is 3.65. The lowest BCUT2D eigenvalue weighted by atomic mass is 10.1. The predicted octanol–water partition coefficient (Wildman–Crippen LogP) is 2.67. The fourth-order valence-corrected chi connectivity index (χ4v) is 4.27. The van der Waals surface area contributed by atoms with Gasteiger partial charge in [-0.3, -0.25) is 14.3 Å². The third-order valence-electron chi connectivity index (χ3n) is 5.40. The van der Waals surface area contributed by atoms with Gasteiger partial charge in [-0.2, -0.15) is 0 Å². The van der Waals surface area contributed by atoms with Crippen molar-refractivity contribution in [3.63, 3.8) is 0 Å². The molecule has 166 valence electrons. The van der Waals surface area contributed by atoms with Crippen molar-refractivity contribution in [1.29, 1.82) is 0 Å². The number of rotatable bonds is 7. The Balaban J connectivity index is 1.51. The van der Waals surface area contributed by atoms with Crippen molar-refractivity contribution in [1.82, 2.24) is 9.80 Å². The Bertz CT molecular complexity index is 1030. The van der Waals surface area contributed by atoms with Crippen molar-refractivity contribution in [2.75, 3.05) is 37.2 Å². The maximum Gasteiger partial charge on any atom is 0.254 e. The van der Waals surface area contributed by atoms with Gasteiger partial charge in [0.2, 0.25) is 15.9 Å². The predicted molar refractivity (Wildman–Crippen MR) is 122 cm³/mol. The first kappa shape index (κ1) is 22.8. The van der Waals surface area contributed by atoms with E-state index in [0.717, 1.165) is 24.7 Å². The second-order valence-corrected chi connectivity index (χ2v) is 9.66. The second-order valence-electron chi connectivity index (χ2n) is 7.92. The van der Waals surface area contributed by atoms with Crippen LogP contribution in [0.15, 0.2) is 48.5 Å². The monoisotopic (exact) mass is 443 g/mol. The fraction of sp³-hybridized carbons (Fsp3) is 0.391. The van der Waals surface area contributed by atoms with Gasteiger partial charge in [-0.05, 0) is 43.0 Å². The van der Waals surface area contributed by atoms with E-state index >= 15 is 0 Å². The number of sulfonamides is 1. The lowest BCUT2D eigenvalue weighted by Gasteiger charge is -2.35. The number of benzene rings is 2. The SMILES string of the molecule is Cc1ccc(C(=O)N2CCN(C(=O)CCCc3ccccc3)CC2)cc1NS(C)(=O)=O. The van der Waals surface area contributed by atoms with E-state index in [0.29, 0.717) is 43.9 Å². The molecular weight excluding hydrogens is 414 g/mol. The van der Waals surface area contributed by atoms with Gasteiger partial charge in [-0.1, -0.05) is 36.4 Å². The summed E-state index contributed by atoms with van der Waals surface area (Å²) in [5.41, 5.74) is 2.81. The highest BCUT2D eigenvalue weighted by Gasteiger charge is 2.25. The summed E-state index contributed by atoms with van der Waals surface area (Å²) in [5, 5.41) is 0. The van der Waals surface area contributed by atoms with Crippen LogP contribution in [0.5, 0.6) is 0 Å². The molecule has 1 saturated heterocycles. The molecule has 3 rings (SSSR count). The highest BCUT2D eigenvalue weighted by Crippen LogP contribution is 2.20. The smallest absolute Gasteiger partial charge is 0.254 e. The van der Waals surface area contributed by atoms with E-state index in [1.807, 2.05) is 23.1 Å². The highest BCUT2D eigenvalue weighted by atomic mass is 32.2. The molecule has 1 heterocycles. The van der Waals surface area contributed by atoms with Crippen LogP contribution in [0.3, 0.4) is 0 Å². The molecule has 0 saturated carbocycles. The van der Waals surface area contributed by atoms with Crippen molar-refractivity contribution in [3.8, 4) is 0 Å². The summed E-state index contributed by atoms with van der Waals surface area (Å²) in [6, 6.07) is 15.1. The first-order valence-electron chi connectivity index (χ1n) is 10.4. The minimum absolute atomic E-state index is 0.123. The molecule has 7 nitrogen and oxygen atoms in total. The number of anilines is 1. The van der Waals surface area contributed by atoms with Crippen LogP contribution in [0.25, 0.3) is 0 Å². The Morgan fingerprint density at radius 3 is 2.26 bits per heavy atom. The third kappa shape index (κ3) is 6.55. The van der Waals surface area contributed by atoms with E-state index in [2.05, 4.69) is 16.9 Å². The molecule has 2 aromatic carbocycles. The number of hydrogen-bond acceptors (Lipinski definition) is 4. The molecule has 1 fully saturated rings. The van der Waals surface area contributed by atoms with Gasteiger partial charge in [-0.15, -0.1) is 0 Å². The van der Waals surface area contributed by atoms with Crippen LogP contribution in [0, 0.1) is 6.92 Å². The van der Waals surface area contributed by atoms with E-state index in [4.69, 9.17) is 0 Å². The Morgan fingerprint density at radius 2 is 1.61 bits per heavy atom. The third-order valence-corrected chi connectivity index (χ3v) is 5.99. The molecule has 1 N–H and O–H groups in total. The lowest BCUT2D eigenvalue weighted by molar-refractivity contribution is -0.132. The van der Waals surface area contributed by atoms with Gasteiger partial charge in [0.25, 0.3) is 5.91 Å². The second kappa shape index (κ2) is 9.96. The molecule has 0 aromatic heterocycles. The molecule has 31 heavy (non-hydrogen) atoms. The Labute approximate surface area is 184 Å². The van der Waals surface area contributed by atoms with Crippen LogP contribution in [0.4, 0.5) is 5.69 Å². The normalized spacial score (nSPS) is 14.4. The maximum atomic E-state index is 12.9. The van der Waals surface area contributed by atoms with Crippen molar-refractivity contribution in [2.24, 2.45) is 0 Å². The highest BCUT2D eigenvalue weighted by molar-refractivity contribution is 7.92. The molecule has 1 aliphatic heterocycles. The summed E-state index contributed by atoms with van der Waals surface area (Å²) in [5.74, 6) is -0.0364. The zero-order chi connectivity index (χ0) is 22.4. The van der Waals surface area contributed by atoms with Gasteiger partial charge in [0.05, 0.1) is 11.9 Å². The minimum atomic E-state index is -3.43. The molecule has 2 amide bonds. The van der Waals surface area contributed by atoms with Crippen LogP contribution in [0.2, 0.25) is 0 Å². The number of carbonyl (C=O) groups is 2. The molecule has 0 aliphatic carbocycles. The number of piperazine rings is 1. The zero-order valence-electron chi connectivity index (χ0n) is 18.0. The summed E-state index contributed by atoms with van der Waals surface area (Å²) < 4.78 is 25.5. The first-order chi connectivity index (χ1) is 14.7. The summed E-state index contributed by atoms with van der Waals surface area (Å²) >= 11 is 0. The zero-order valence-corrected chi connectivity index (χ0v) is 18.8. The number of nitrogens with zero attached hydrogens (tertiary/aromatic N) is 2. The van der Waals surface area contributed by atoms with E-state index in [1.54, 1.807) is 30.0 Å². The van der Waals surface area contributed by atoms with Crippen molar-refractivity contribution >= 4 is 27.5 Å². The summed E-state index contributed by atoms with van der Waals surface area (Å²) in [7, 11) is -3.43. The Hall–Kier alpha value is -2.87. The standard InChI is InChI=1S/C23H29N3O4S/c1-18-11-12-20(17-21(18)24-31(2,29)30)23(28)26-15-13-25(14-16-26)22(27)10-6-9-19-7-4-3-5-8-19/h3-5,7-8,11-12,17,24H,6,9-10,13-16H2,1-2H3. The van der Waals surface area contributed by atoms with Gasteiger partial charge < -0.3 is 9.80 Å². The number of carbonyl (C=O) groups excluding carboxylic acids is 2. The maximum absolute atomic E-state index is 12.9. The molecule has 0 spiro atoms. The van der Waals surface area contributed by atoms with Crippen LogP contribution in [-0.2, 0) is 21.2 Å². The molecule has 0 bridgehead atoms. The topological polar surface area (TPSA) is 86.8 Å². The summed E-state index contributed by atoms with van der Waals surface area (Å²) in [6.07, 6.45) is 3.27. The Kier molecular flexibility index (Phi) is 7.33. The lowest BCUT2D eigenvalue weighted by Crippen LogP contribution is -2.50. The molecule has 0 unspecified atom stereocenters. The average molecular weight is 444 g/mol. The van der Waals surface area contributed by atoms with E-state index in [1.165, 1.54) is 5.56 Å². The van der Waals surface area contributed by atoms with Gasteiger partial charge >= 0.3 is 0 Å². The molecule has 0 atom stereocenters. The van der Waals surface area contributed by atoms with E-state index < -0.39 is 10.0 Å². The van der Waals surface area contributed by atoms with Gasteiger partial charge in [0, 0.05) is 38.2 Å². The van der Waals surface area contributed by atoms with Gasteiger partial charge in [-0.25, -0.2) is 8.42 Å². The summed E-state index contributed by atoms with van der Waals surface area (Å²) in [4.78, 5) is 28.9.